The van der Waals surface area contributed by atoms with Crippen molar-refractivity contribution in [1.29, 1.82) is 0 Å². The molecular weight excluding hydrogens is 374 g/mol. The molecular formula is C22H21NO6. The van der Waals surface area contributed by atoms with E-state index in [2.05, 4.69) is 9.72 Å². The standard InChI is InChI=1S/C22H21NO6/c1-27-22(26)19(21(24)25)13-15-4-6-17(7-5-15)28-11-12-29-18-8-9-20-16(14-18)3-2-10-23-20/h2-10,14,19H,11-13H2,1H3,(H,24,25). The molecule has 0 amide bonds. The van der Waals surface area contributed by atoms with E-state index in [1.807, 2.05) is 30.3 Å². The second-order valence-electron chi connectivity index (χ2n) is 6.32. The SMILES string of the molecule is COC(=O)C(Cc1ccc(OCCOc2ccc3ncccc3c2)cc1)C(=O)O. The van der Waals surface area contributed by atoms with Crippen molar-refractivity contribution in [3.63, 3.8) is 0 Å². The van der Waals surface area contributed by atoms with Crippen LogP contribution in [0, 0.1) is 5.92 Å². The fourth-order valence-corrected chi connectivity index (χ4v) is 2.83. The second-order valence-corrected chi connectivity index (χ2v) is 6.32. The average molecular weight is 395 g/mol. The minimum atomic E-state index is -1.22. The Balaban J connectivity index is 1.48. The zero-order chi connectivity index (χ0) is 20.6. The molecule has 7 heteroatoms. The number of carboxylic acid groups (broad SMARTS) is 1. The largest absolute Gasteiger partial charge is 0.490 e. The first-order valence-electron chi connectivity index (χ1n) is 9.07. The minimum absolute atomic E-state index is 0.0578. The lowest BCUT2D eigenvalue weighted by Crippen LogP contribution is -2.27. The van der Waals surface area contributed by atoms with Crippen molar-refractivity contribution in [1.82, 2.24) is 4.98 Å². The Morgan fingerprint density at radius 2 is 1.69 bits per heavy atom. The van der Waals surface area contributed by atoms with Gasteiger partial charge in [-0.2, -0.15) is 0 Å². The molecule has 0 radical (unpaired) electrons. The van der Waals surface area contributed by atoms with E-state index in [-0.39, 0.29) is 6.42 Å². The summed E-state index contributed by atoms with van der Waals surface area (Å²) in [5.74, 6) is -1.83. The highest BCUT2D eigenvalue weighted by atomic mass is 16.5. The van der Waals surface area contributed by atoms with Gasteiger partial charge >= 0.3 is 11.9 Å². The van der Waals surface area contributed by atoms with Gasteiger partial charge in [0.15, 0.2) is 5.92 Å². The molecule has 1 heterocycles. The van der Waals surface area contributed by atoms with Crippen LogP contribution in [0.2, 0.25) is 0 Å². The van der Waals surface area contributed by atoms with Crippen LogP contribution in [0.3, 0.4) is 0 Å². The van der Waals surface area contributed by atoms with Crippen LogP contribution in [-0.4, -0.2) is 42.4 Å². The number of fused-ring (bicyclic) bond motifs is 1. The number of methoxy groups -OCH3 is 1. The monoisotopic (exact) mass is 395 g/mol. The van der Waals surface area contributed by atoms with Crippen LogP contribution in [-0.2, 0) is 20.7 Å². The molecule has 1 atom stereocenters. The molecule has 29 heavy (non-hydrogen) atoms. The van der Waals surface area contributed by atoms with Crippen LogP contribution >= 0.6 is 0 Å². The number of hydrogen-bond acceptors (Lipinski definition) is 6. The summed E-state index contributed by atoms with van der Waals surface area (Å²) in [6, 6.07) is 16.5. The summed E-state index contributed by atoms with van der Waals surface area (Å²) >= 11 is 0. The van der Waals surface area contributed by atoms with E-state index in [0.717, 1.165) is 16.7 Å². The number of benzene rings is 2. The number of carboxylic acids is 1. The maximum Gasteiger partial charge on any atom is 0.320 e. The molecule has 0 bridgehead atoms. The summed E-state index contributed by atoms with van der Waals surface area (Å²) in [6.07, 6.45) is 1.81. The summed E-state index contributed by atoms with van der Waals surface area (Å²) in [5, 5.41) is 10.2. The van der Waals surface area contributed by atoms with Gasteiger partial charge in [0.1, 0.15) is 24.7 Å². The van der Waals surface area contributed by atoms with Crippen LogP contribution in [0.4, 0.5) is 0 Å². The molecule has 0 saturated carbocycles. The normalized spacial score (nSPS) is 11.6. The molecule has 1 N–H and O–H groups in total. The predicted octanol–water partition coefficient (Wildman–Crippen LogP) is 3.11. The van der Waals surface area contributed by atoms with Gasteiger partial charge in [0.2, 0.25) is 0 Å². The Hall–Kier alpha value is -3.61. The molecule has 150 valence electrons. The third-order valence-electron chi connectivity index (χ3n) is 4.34. The summed E-state index contributed by atoms with van der Waals surface area (Å²) in [4.78, 5) is 27.0. The minimum Gasteiger partial charge on any atom is -0.490 e. The number of pyridine rings is 1. The number of carbonyl (C=O) groups excluding carboxylic acids is 1. The van der Waals surface area contributed by atoms with Gasteiger partial charge in [-0.1, -0.05) is 18.2 Å². The number of ether oxygens (including phenoxy) is 3. The van der Waals surface area contributed by atoms with Crippen LogP contribution in [0.5, 0.6) is 11.5 Å². The number of hydrogen-bond donors (Lipinski definition) is 1. The zero-order valence-corrected chi connectivity index (χ0v) is 15.9. The molecule has 0 aliphatic carbocycles. The van der Waals surface area contributed by atoms with Crippen molar-refractivity contribution in [3.8, 4) is 11.5 Å². The van der Waals surface area contributed by atoms with Gasteiger partial charge in [0.05, 0.1) is 12.6 Å². The summed E-state index contributed by atoms with van der Waals surface area (Å²) in [6.45, 7) is 0.723. The van der Waals surface area contributed by atoms with Crippen molar-refractivity contribution >= 4 is 22.8 Å². The maximum absolute atomic E-state index is 11.5. The molecule has 3 aromatic rings. The number of aromatic nitrogens is 1. The van der Waals surface area contributed by atoms with Crippen molar-refractivity contribution in [3.05, 3.63) is 66.4 Å². The molecule has 0 saturated heterocycles. The van der Waals surface area contributed by atoms with Crippen LogP contribution < -0.4 is 9.47 Å². The maximum atomic E-state index is 11.5. The highest BCUT2D eigenvalue weighted by Gasteiger charge is 2.27. The third-order valence-corrected chi connectivity index (χ3v) is 4.34. The molecule has 2 aromatic carbocycles. The fourth-order valence-electron chi connectivity index (χ4n) is 2.83. The van der Waals surface area contributed by atoms with Crippen molar-refractivity contribution < 1.29 is 28.9 Å². The molecule has 7 nitrogen and oxygen atoms in total. The van der Waals surface area contributed by atoms with E-state index < -0.39 is 17.9 Å². The van der Waals surface area contributed by atoms with E-state index in [0.29, 0.717) is 24.5 Å². The van der Waals surface area contributed by atoms with Gasteiger partial charge < -0.3 is 19.3 Å². The van der Waals surface area contributed by atoms with Crippen LogP contribution in [0.1, 0.15) is 5.56 Å². The Morgan fingerprint density at radius 3 is 2.38 bits per heavy atom. The molecule has 0 fully saturated rings. The number of nitrogens with zero attached hydrogens (tertiary/aromatic N) is 1. The van der Waals surface area contributed by atoms with E-state index in [1.54, 1.807) is 30.5 Å². The summed E-state index contributed by atoms with van der Waals surface area (Å²) in [7, 11) is 1.17. The molecule has 1 aromatic heterocycles. The Morgan fingerprint density at radius 1 is 1.00 bits per heavy atom. The molecule has 0 spiro atoms. The fraction of sp³-hybridized carbons (Fsp3) is 0.227. The lowest BCUT2D eigenvalue weighted by Gasteiger charge is -2.11. The first-order chi connectivity index (χ1) is 14.1. The highest BCUT2D eigenvalue weighted by Crippen LogP contribution is 2.19. The van der Waals surface area contributed by atoms with E-state index in [9.17, 15) is 9.59 Å². The topological polar surface area (TPSA) is 95.0 Å². The van der Waals surface area contributed by atoms with Crippen LogP contribution in [0.25, 0.3) is 10.9 Å². The van der Waals surface area contributed by atoms with E-state index in [1.165, 1.54) is 7.11 Å². The first kappa shape index (κ1) is 20.1. The average Bonchev–Trinajstić information content (AvgIpc) is 2.75. The van der Waals surface area contributed by atoms with E-state index in [4.69, 9.17) is 14.6 Å². The Kier molecular flexibility index (Phi) is 6.63. The van der Waals surface area contributed by atoms with E-state index >= 15 is 0 Å². The summed E-state index contributed by atoms with van der Waals surface area (Å²) in [5.41, 5.74) is 1.62. The van der Waals surface area contributed by atoms with Crippen molar-refractivity contribution in [2.24, 2.45) is 5.92 Å². The molecule has 0 aliphatic heterocycles. The van der Waals surface area contributed by atoms with Crippen molar-refractivity contribution in [2.75, 3.05) is 20.3 Å². The third kappa shape index (κ3) is 5.44. The quantitative estimate of drug-likeness (QED) is 0.338. The highest BCUT2D eigenvalue weighted by molar-refractivity contribution is 5.94. The Bertz CT molecular complexity index is 986. The van der Waals surface area contributed by atoms with Gasteiger partial charge in [-0.25, -0.2) is 0 Å². The smallest absolute Gasteiger partial charge is 0.320 e. The van der Waals surface area contributed by atoms with Gasteiger partial charge in [0.25, 0.3) is 0 Å². The number of rotatable bonds is 9. The lowest BCUT2D eigenvalue weighted by molar-refractivity contribution is -0.156. The van der Waals surface area contributed by atoms with Crippen LogP contribution in [0.15, 0.2) is 60.8 Å². The number of esters is 1. The lowest BCUT2D eigenvalue weighted by atomic mass is 9.99. The second kappa shape index (κ2) is 9.54. The van der Waals surface area contributed by atoms with Gasteiger partial charge in [-0.15, -0.1) is 0 Å². The van der Waals surface area contributed by atoms with Gasteiger partial charge in [-0.05, 0) is 48.4 Å². The Labute approximate surface area is 167 Å². The predicted molar refractivity (Wildman–Crippen MR) is 106 cm³/mol. The number of aliphatic carboxylic acids is 1. The molecule has 1 unspecified atom stereocenters. The molecule has 0 aliphatic rings. The van der Waals surface area contributed by atoms with Gasteiger partial charge in [0, 0.05) is 11.6 Å². The first-order valence-corrected chi connectivity index (χ1v) is 9.07. The van der Waals surface area contributed by atoms with Crippen molar-refractivity contribution in [2.45, 2.75) is 6.42 Å². The number of carbonyl (C=O) groups is 2. The van der Waals surface area contributed by atoms with Gasteiger partial charge in [-0.3, -0.25) is 14.6 Å². The molecule has 3 rings (SSSR count). The zero-order valence-electron chi connectivity index (χ0n) is 15.9. The summed E-state index contributed by atoms with van der Waals surface area (Å²) < 4.78 is 15.9.